The Morgan fingerprint density at radius 1 is 1.10 bits per heavy atom. The number of fused-ring (bicyclic) bond motifs is 3. The fourth-order valence-electron chi connectivity index (χ4n) is 4.08. The number of carbonyl (C=O) groups is 1. The number of hydrogen-bond donors (Lipinski definition) is 2. The first-order valence-electron chi connectivity index (χ1n) is 10.1. The van der Waals surface area contributed by atoms with E-state index in [9.17, 15) is 9.90 Å². The minimum atomic E-state index is -0.953. The monoisotopic (exact) mass is 398 g/mol. The van der Waals surface area contributed by atoms with Gasteiger partial charge in [0.05, 0.1) is 11.1 Å². The predicted octanol–water partition coefficient (Wildman–Crippen LogP) is 4.17. The van der Waals surface area contributed by atoms with Crippen molar-refractivity contribution in [1.29, 1.82) is 0 Å². The van der Waals surface area contributed by atoms with Crippen molar-refractivity contribution in [3.8, 4) is 0 Å². The molecule has 150 valence electrons. The summed E-state index contributed by atoms with van der Waals surface area (Å²) in [5.41, 5.74) is 2.22. The van der Waals surface area contributed by atoms with Gasteiger partial charge >= 0.3 is 5.97 Å². The van der Waals surface area contributed by atoms with Crippen LogP contribution in [0.3, 0.4) is 0 Å². The number of likely N-dealkylation sites (tertiary alicyclic amines) is 1. The molecule has 1 fully saturated rings. The molecule has 6 nitrogen and oxygen atoms in total. The summed E-state index contributed by atoms with van der Waals surface area (Å²) in [6, 6.07) is 18.0. The van der Waals surface area contributed by atoms with Crippen molar-refractivity contribution in [2.24, 2.45) is 0 Å². The van der Waals surface area contributed by atoms with Gasteiger partial charge in [0.25, 0.3) is 0 Å². The Morgan fingerprint density at radius 2 is 1.97 bits per heavy atom. The first kappa shape index (κ1) is 18.5. The van der Waals surface area contributed by atoms with Crippen LogP contribution in [0.5, 0.6) is 0 Å². The van der Waals surface area contributed by atoms with E-state index in [0.717, 1.165) is 48.0 Å². The summed E-state index contributed by atoms with van der Waals surface area (Å²) in [5.74, 6) is -0.181. The Balaban J connectivity index is 1.41. The minimum absolute atomic E-state index is 0.234. The molecule has 1 aliphatic rings. The molecule has 0 saturated carbocycles. The fourth-order valence-corrected chi connectivity index (χ4v) is 4.08. The Labute approximate surface area is 174 Å². The van der Waals surface area contributed by atoms with Crippen molar-refractivity contribution in [1.82, 2.24) is 14.9 Å². The summed E-state index contributed by atoms with van der Waals surface area (Å²) >= 11 is 0. The summed E-state index contributed by atoms with van der Waals surface area (Å²) in [4.78, 5) is 22.9. The lowest BCUT2D eigenvalue weighted by atomic mass is 10.0. The van der Waals surface area contributed by atoms with Crippen LogP contribution in [0.4, 0.5) is 5.82 Å². The van der Waals surface area contributed by atoms with Gasteiger partial charge in [-0.1, -0.05) is 36.4 Å². The third kappa shape index (κ3) is 3.46. The Bertz CT molecular complexity index is 1230. The highest BCUT2D eigenvalue weighted by Gasteiger charge is 2.27. The quantitative estimate of drug-likeness (QED) is 0.475. The van der Waals surface area contributed by atoms with Crippen LogP contribution in [0, 0.1) is 0 Å². The maximum absolute atomic E-state index is 11.4. The van der Waals surface area contributed by atoms with Crippen molar-refractivity contribution >= 4 is 33.5 Å². The number of hydrogen-bond acceptors (Lipinski definition) is 5. The van der Waals surface area contributed by atoms with Gasteiger partial charge in [-0.2, -0.15) is 0 Å². The molecule has 1 unspecified atom stereocenters. The molecule has 0 aliphatic carbocycles. The zero-order chi connectivity index (χ0) is 20.5. The lowest BCUT2D eigenvalue weighted by molar-refractivity contribution is 0.0697. The number of aromatic carboxylic acids is 1. The van der Waals surface area contributed by atoms with E-state index in [1.165, 1.54) is 5.56 Å². The molecule has 3 heterocycles. The molecule has 0 bridgehead atoms. The summed E-state index contributed by atoms with van der Waals surface area (Å²) in [6.45, 7) is 2.84. The van der Waals surface area contributed by atoms with Gasteiger partial charge in [0, 0.05) is 54.2 Å². The highest BCUT2D eigenvalue weighted by molar-refractivity contribution is 6.10. The maximum atomic E-state index is 11.4. The van der Waals surface area contributed by atoms with Crippen molar-refractivity contribution in [3.63, 3.8) is 0 Å². The number of anilines is 1. The standard InChI is InChI=1S/C24H22N4O2/c29-24(30)17-6-7-19-21-14-25-10-8-20(21)23(27-22(19)12-17)26-13-18-9-11-28(18)15-16-4-2-1-3-5-16/h1-8,10,12,14,18H,9,11,13,15H2,(H,26,27)(H,29,30). The fraction of sp³-hybridized carbons (Fsp3) is 0.208. The predicted molar refractivity (Wildman–Crippen MR) is 118 cm³/mol. The highest BCUT2D eigenvalue weighted by Crippen LogP contribution is 2.30. The molecule has 0 amide bonds. The number of pyridine rings is 2. The molecular formula is C24H22N4O2. The van der Waals surface area contributed by atoms with E-state index in [1.807, 2.05) is 24.4 Å². The molecule has 2 N–H and O–H groups in total. The summed E-state index contributed by atoms with van der Waals surface area (Å²) in [5, 5.41) is 15.7. The molecule has 6 heteroatoms. The molecule has 0 radical (unpaired) electrons. The molecule has 5 rings (SSSR count). The second-order valence-electron chi connectivity index (χ2n) is 7.70. The van der Waals surface area contributed by atoms with Crippen molar-refractivity contribution in [3.05, 3.63) is 78.1 Å². The van der Waals surface area contributed by atoms with Crippen LogP contribution in [0.1, 0.15) is 22.3 Å². The average Bonchev–Trinajstić information content (AvgIpc) is 2.77. The Morgan fingerprint density at radius 3 is 2.73 bits per heavy atom. The van der Waals surface area contributed by atoms with Crippen molar-refractivity contribution in [2.75, 3.05) is 18.4 Å². The molecule has 2 aromatic carbocycles. The molecule has 1 saturated heterocycles. The van der Waals surface area contributed by atoms with E-state index in [1.54, 1.807) is 18.3 Å². The maximum Gasteiger partial charge on any atom is 0.335 e. The van der Waals surface area contributed by atoms with Gasteiger partial charge < -0.3 is 10.4 Å². The van der Waals surface area contributed by atoms with Gasteiger partial charge in [-0.25, -0.2) is 9.78 Å². The molecule has 1 atom stereocenters. The van der Waals surface area contributed by atoms with Gasteiger partial charge in [-0.3, -0.25) is 9.88 Å². The van der Waals surface area contributed by atoms with E-state index >= 15 is 0 Å². The van der Waals surface area contributed by atoms with E-state index in [-0.39, 0.29) is 5.56 Å². The first-order valence-corrected chi connectivity index (χ1v) is 10.1. The second-order valence-corrected chi connectivity index (χ2v) is 7.70. The van der Waals surface area contributed by atoms with Gasteiger partial charge in [-0.15, -0.1) is 0 Å². The van der Waals surface area contributed by atoms with Crippen molar-refractivity contribution in [2.45, 2.75) is 19.0 Å². The summed E-state index contributed by atoms with van der Waals surface area (Å²) < 4.78 is 0. The lowest BCUT2D eigenvalue weighted by Gasteiger charge is -2.41. The SMILES string of the molecule is O=C(O)c1ccc2c(c1)nc(NCC1CCN1Cc1ccccc1)c1ccncc12. The largest absolute Gasteiger partial charge is 0.478 e. The number of carboxylic acids is 1. The number of nitrogens with one attached hydrogen (secondary N) is 1. The van der Waals surface area contributed by atoms with E-state index in [0.29, 0.717) is 11.6 Å². The van der Waals surface area contributed by atoms with E-state index < -0.39 is 5.97 Å². The molecule has 1 aliphatic heterocycles. The van der Waals surface area contributed by atoms with Crippen LogP contribution < -0.4 is 5.32 Å². The smallest absolute Gasteiger partial charge is 0.335 e. The summed E-state index contributed by atoms with van der Waals surface area (Å²) in [6.07, 6.45) is 4.73. The van der Waals surface area contributed by atoms with Crippen LogP contribution in [0.15, 0.2) is 67.0 Å². The molecule has 30 heavy (non-hydrogen) atoms. The Kier molecular flexibility index (Phi) is 4.77. The zero-order valence-corrected chi connectivity index (χ0v) is 16.5. The number of carboxylic acid groups (broad SMARTS) is 1. The van der Waals surface area contributed by atoms with Crippen LogP contribution in [-0.2, 0) is 6.54 Å². The first-order chi connectivity index (χ1) is 14.7. The van der Waals surface area contributed by atoms with Crippen LogP contribution in [0.2, 0.25) is 0 Å². The summed E-state index contributed by atoms with van der Waals surface area (Å²) in [7, 11) is 0. The van der Waals surface area contributed by atoms with Gasteiger partial charge in [0.15, 0.2) is 0 Å². The van der Waals surface area contributed by atoms with Crippen LogP contribution in [-0.4, -0.2) is 45.1 Å². The third-order valence-corrected chi connectivity index (χ3v) is 5.84. The molecule has 4 aromatic rings. The molecule has 2 aromatic heterocycles. The topological polar surface area (TPSA) is 78.3 Å². The normalized spacial score (nSPS) is 16.5. The number of aromatic nitrogens is 2. The van der Waals surface area contributed by atoms with E-state index in [4.69, 9.17) is 4.98 Å². The van der Waals surface area contributed by atoms with Gasteiger partial charge in [0.1, 0.15) is 5.82 Å². The average molecular weight is 398 g/mol. The third-order valence-electron chi connectivity index (χ3n) is 5.84. The second kappa shape index (κ2) is 7.72. The minimum Gasteiger partial charge on any atom is -0.478 e. The van der Waals surface area contributed by atoms with E-state index in [2.05, 4.69) is 39.5 Å². The van der Waals surface area contributed by atoms with Crippen molar-refractivity contribution < 1.29 is 9.90 Å². The molecule has 0 spiro atoms. The van der Waals surface area contributed by atoms with Crippen LogP contribution in [0.25, 0.3) is 21.7 Å². The number of rotatable bonds is 6. The number of nitrogens with zero attached hydrogens (tertiary/aromatic N) is 3. The van der Waals surface area contributed by atoms with Gasteiger partial charge in [-0.05, 0) is 30.2 Å². The lowest BCUT2D eigenvalue weighted by Crippen LogP contribution is -2.50. The zero-order valence-electron chi connectivity index (χ0n) is 16.5. The Hall–Kier alpha value is -3.51. The molecular weight excluding hydrogens is 376 g/mol. The number of benzene rings is 2. The highest BCUT2D eigenvalue weighted by atomic mass is 16.4. The van der Waals surface area contributed by atoms with Gasteiger partial charge in [0.2, 0.25) is 0 Å². The van der Waals surface area contributed by atoms with Crippen LogP contribution >= 0.6 is 0 Å².